The van der Waals surface area contributed by atoms with Crippen molar-refractivity contribution < 1.29 is 61.3 Å². The van der Waals surface area contributed by atoms with Crippen LogP contribution in [0.1, 0.15) is 40.0 Å². The first kappa shape index (κ1) is 14.6. The molecule has 0 aliphatic carbocycles. The molecule has 11 heavy (non-hydrogen) atoms. The quantitative estimate of drug-likeness (QED) is 0.470. The fourth-order valence-corrected chi connectivity index (χ4v) is 1.18. The Hall–Kier alpha value is 1.11. The van der Waals surface area contributed by atoms with E-state index in [4.69, 9.17) is 0 Å². The second-order valence-electron chi connectivity index (χ2n) is 2.63. The Morgan fingerprint density at radius 2 is 1.45 bits per heavy atom. The maximum absolute atomic E-state index is 10.6. The van der Waals surface area contributed by atoms with Crippen LogP contribution in [-0.4, -0.2) is 5.97 Å². The van der Waals surface area contributed by atoms with Crippen molar-refractivity contribution in [2.45, 2.75) is 40.0 Å². The van der Waals surface area contributed by atoms with Gasteiger partial charge in [0.25, 0.3) is 0 Å². The molecule has 0 bridgehead atoms. The van der Waals surface area contributed by atoms with Crippen LogP contribution in [0.3, 0.4) is 0 Å². The molecule has 2 nitrogen and oxygen atoms in total. The average molecular weight is 182 g/mol. The van der Waals surface area contributed by atoms with Crippen LogP contribution in [0.2, 0.25) is 0 Å². The fourth-order valence-electron chi connectivity index (χ4n) is 1.18. The van der Waals surface area contributed by atoms with Crippen LogP contribution >= 0.6 is 0 Å². The minimum absolute atomic E-state index is 0. The summed E-state index contributed by atoms with van der Waals surface area (Å²) in [5.41, 5.74) is -0.569. The molecule has 0 amide bonds. The van der Waals surface area contributed by atoms with Gasteiger partial charge in [0.15, 0.2) is 0 Å². The predicted molar refractivity (Wildman–Crippen MR) is 38.3 cm³/mol. The number of hydrogen-bond acceptors (Lipinski definition) is 2. The van der Waals surface area contributed by atoms with E-state index in [0.29, 0.717) is 19.3 Å². The summed E-state index contributed by atoms with van der Waals surface area (Å²) in [6.07, 6.45) is 2.01. The van der Waals surface area contributed by atoms with Crippen molar-refractivity contribution in [2.75, 3.05) is 0 Å². The van der Waals surface area contributed by atoms with Gasteiger partial charge in [0, 0.05) is 11.4 Å². The molecule has 0 radical (unpaired) electrons. The summed E-state index contributed by atoms with van der Waals surface area (Å²) in [5, 5.41) is 10.6. The van der Waals surface area contributed by atoms with Crippen molar-refractivity contribution in [2.24, 2.45) is 5.41 Å². The van der Waals surface area contributed by atoms with Crippen LogP contribution in [-0.2, 0) is 4.79 Å². The Morgan fingerprint density at radius 3 is 1.45 bits per heavy atom. The van der Waals surface area contributed by atoms with Gasteiger partial charge in [-0.3, -0.25) is 0 Å². The summed E-state index contributed by atoms with van der Waals surface area (Å²) in [5.74, 6) is -0.903. The zero-order valence-electron chi connectivity index (χ0n) is 7.94. The predicted octanol–water partition coefficient (Wildman–Crippen LogP) is -2.04. The molecule has 0 aromatic heterocycles. The van der Waals surface area contributed by atoms with Gasteiger partial charge in [0.1, 0.15) is 0 Å². The van der Waals surface area contributed by atoms with Gasteiger partial charge in [0.05, 0.1) is 0 Å². The molecule has 0 heterocycles. The number of rotatable bonds is 4. The molecule has 0 saturated heterocycles. The minimum atomic E-state index is -0.903. The molecule has 0 atom stereocenters. The van der Waals surface area contributed by atoms with Crippen LogP contribution in [0, 0.1) is 5.41 Å². The summed E-state index contributed by atoms with van der Waals surface area (Å²) in [6.45, 7) is 5.68. The maximum atomic E-state index is 10.6. The van der Waals surface area contributed by atoms with Crippen molar-refractivity contribution in [3.63, 3.8) is 0 Å². The standard InChI is InChI=1S/C8H16O2.K/c1-4-8(5-2,6-3)7(9)10;/h4-6H2,1-3H3,(H,9,10);/q;+1/p-1. The molecular weight excluding hydrogens is 167 g/mol. The Kier molecular flexibility index (Phi) is 8.78. The first-order valence-electron chi connectivity index (χ1n) is 3.84. The normalized spacial score (nSPS) is 10.5. The maximum Gasteiger partial charge on any atom is 1.00 e. The van der Waals surface area contributed by atoms with E-state index in [-0.39, 0.29) is 51.4 Å². The van der Waals surface area contributed by atoms with Gasteiger partial charge in [-0.1, -0.05) is 20.8 Å². The zero-order valence-corrected chi connectivity index (χ0v) is 11.1. The van der Waals surface area contributed by atoms with Crippen LogP contribution in [0.15, 0.2) is 0 Å². The number of hydrogen-bond donors (Lipinski definition) is 0. The second kappa shape index (κ2) is 6.60. The molecule has 0 fully saturated rings. The van der Waals surface area contributed by atoms with Crippen molar-refractivity contribution >= 4 is 5.97 Å². The molecular formula is C8H15KO2. The molecule has 0 spiro atoms. The SMILES string of the molecule is CCC(CC)(CC)C(=O)[O-].[K+]. The molecule has 0 aromatic carbocycles. The van der Waals surface area contributed by atoms with Crippen molar-refractivity contribution in [3.05, 3.63) is 0 Å². The molecule has 0 saturated carbocycles. The molecule has 0 unspecified atom stereocenters. The van der Waals surface area contributed by atoms with E-state index in [9.17, 15) is 9.90 Å². The third-order valence-corrected chi connectivity index (χ3v) is 2.46. The molecule has 0 aliphatic heterocycles. The Morgan fingerprint density at radius 1 is 1.18 bits per heavy atom. The van der Waals surface area contributed by atoms with Crippen molar-refractivity contribution in [3.8, 4) is 0 Å². The van der Waals surface area contributed by atoms with E-state index in [1.54, 1.807) is 0 Å². The molecule has 0 aliphatic rings. The average Bonchev–Trinajstić information content (AvgIpc) is 1.92. The second-order valence-corrected chi connectivity index (χ2v) is 2.63. The van der Waals surface area contributed by atoms with Gasteiger partial charge in [0.2, 0.25) is 0 Å². The first-order chi connectivity index (χ1) is 4.63. The largest absolute Gasteiger partial charge is 1.00 e. The fraction of sp³-hybridized carbons (Fsp3) is 0.875. The molecule has 0 rings (SSSR count). The number of carboxylic acid groups (broad SMARTS) is 1. The van der Waals surface area contributed by atoms with Gasteiger partial charge in [-0.2, -0.15) is 0 Å². The minimum Gasteiger partial charge on any atom is -0.550 e. The summed E-state index contributed by atoms with van der Waals surface area (Å²) >= 11 is 0. The first-order valence-corrected chi connectivity index (χ1v) is 3.84. The Balaban J connectivity index is 0. The summed E-state index contributed by atoms with van der Waals surface area (Å²) < 4.78 is 0. The van der Waals surface area contributed by atoms with E-state index < -0.39 is 11.4 Å². The van der Waals surface area contributed by atoms with E-state index in [1.165, 1.54) is 0 Å². The summed E-state index contributed by atoms with van der Waals surface area (Å²) in [6, 6.07) is 0. The van der Waals surface area contributed by atoms with Crippen LogP contribution < -0.4 is 56.5 Å². The van der Waals surface area contributed by atoms with Crippen molar-refractivity contribution in [1.29, 1.82) is 0 Å². The van der Waals surface area contributed by atoms with Gasteiger partial charge in [-0.15, -0.1) is 0 Å². The van der Waals surface area contributed by atoms with E-state index >= 15 is 0 Å². The molecule has 0 N–H and O–H groups in total. The monoisotopic (exact) mass is 182 g/mol. The van der Waals surface area contributed by atoms with Gasteiger partial charge in [-0.25, -0.2) is 0 Å². The number of carbonyl (C=O) groups excluding carboxylic acids is 1. The number of aliphatic carboxylic acids is 1. The zero-order chi connectivity index (χ0) is 8.20. The summed E-state index contributed by atoms with van der Waals surface area (Å²) in [4.78, 5) is 10.6. The molecule has 60 valence electrons. The third-order valence-electron chi connectivity index (χ3n) is 2.46. The number of carboxylic acids is 1. The van der Waals surface area contributed by atoms with Gasteiger partial charge < -0.3 is 9.90 Å². The van der Waals surface area contributed by atoms with Crippen molar-refractivity contribution in [1.82, 2.24) is 0 Å². The van der Waals surface area contributed by atoms with E-state index in [2.05, 4.69) is 0 Å². The topological polar surface area (TPSA) is 40.1 Å². The van der Waals surface area contributed by atoms with Crippen LogP contribution in [0.4, 0.5) is 0 Å². The van der Waals surface area contributed by atoms with Crippen LogP contribution in [0.5, 0.6) is 0 Å². The van der Waals surface area contributed by atoms with E-state index in [1.807, 2.05) is 20.8 Å². The van der Waals surface area contributed by atoms with Gasteiger partial charge in [-0.05, 0) is 19.3 Å². The third kappa shape index (κ3) is 3.55. The molecule has 3 heteroatoms. The van der Waals surface area contributed by atoms with Crippen LogP contribution in [0.25, 0.3) is 0 Å². The Labute approximate surface area is 111 Å². The number of carbonyl (C=O) groups is 1. The smallest absolute Gasteiger partial charge is 0.550 e. The van der Waals surface area contributed by atoms with E-state index in [0.717, 1.165) is 0 Å². The Bertz CT molecular complexity index is 111. The summed E-state index contributed by atoms with van der Waals surface area (Å²) in [7, 11) is 0. The molecule has 0 aromatic rings. The van der Waals surface area contributed by atoms with Gasteiger partial charge >= 0.3 is 51.4 Å².